The zero-order chi connectivity index (χ0) is 65.6. The fraction of sp³-hybridized carbons (Fsp3) is 0. The summed E-state index contributed by atoms with van der Waals surface area (Å²) in [5, 5.41) is 24.8. The van der Waals surface area contributed by atoms with Gasteiger partial charge < -0.3 is 9.13 Å². The minimum Gasteiger partial charge on any atom is -0.309 e. The molecule has 8 heteroatoms. The van der Waals surface area contributed by atoms with Crippen LogP contribution in [0.1, 0.15) is 11.1 Å². The van der Waals surface area contributed by atoms with Gasteiger partial charge in [0.2, 0.25) is 0 Å². The van der Waals surface area contributed by atoms with E-state index in [1.54, 1.807) is 0 Å². The molecule has 14 aromatic carbocycles. The molecule has 0 unspecified atom stereocenters. The number of benzene rings is 14. The molecule has 0 atom stereocenters. The maximum Gasteiger partial charge on any atom is 0.187 e. The molecule has 98 heavy (non-hydrogen) atoms. The van der Waals surface area contributed by atoms with Crippen LogP contribution < -0.4 is 0 Å². The Bertz CT molecular complexity index is 5590. The van der Waals surface area contributed by atoms with Crippen LogP contribution in [0.4, 0.5) is 5.69 Å². The summed E-state index contributed by atoms with van der Waals surface area (Å²) in [5.74, 6) is 1.33. The van der Waals surface area contributed by atoms with E-state index < -0.39 is 0 Å². The van der Waals surface area contributed by atoms with Crippen molar-refractivity contribution in [2.24, 2.45) is 0 Å². The van der Waals surface area contributed by atoms with Gasteiger partial charge in [-0.2, -0.15) is 10.5 Å². The molecular weight excluding hydrogens is 1190 g/mol. The highest BCUT2D eigenvalue weighted by molar-refractivity contribution is 6.14. The third-order valence-electron chi connectivity index (χ3n) is 18.7. The van der Waals surface area contributed by atoms with Gasteiger partial charge in [0.25, 0.3) is 0 Å². The fourth-order valence-electron chi connectivity index (χ4n) is 13.9. The summed E-state index contributed by atoms with van der Waals surface area (Å²) >= 11 is 0. The molecule has 0 aliphatic carbocycles. The number of hydrogen-bond acceptors (Lipinski definition) is 5. The van der Waals surface area contributed by atoms with E-state index in [1.165, 1.54) is 0 Å². The van der Waals surface area contributed by atoms with E-state index in [1.807, 2.05) is 115 Å². The van der Waals surface area contributed by atoms with Gasteiger partial charge in [0.15, 0.2) is 23.2 Å². The van der Waals surface area contributed by atoms with Gasteiger partial charge in [-0.15, -0.1) is 0 Å². The van der Waals surface area contributed by atoms with Crippen molar-refractivity contribution < 1.29 is 0 Å². The lowest BCUT2D eigenvalue weighted by atomic mass is 9.98. The van der Waals surface area contributed by atoms with Gasteiger partial charge in [-0.05, 0) is 152 Å². The second-order valence-corrected chi connectivity index (χ2v) is 24.4. The van der Waals surface area contributed by atoms with Crippen LogP contribution >= 0.6 is 0 Å². The minimum absolute atomic E-state index is 0.442. The quantitative estimate of drug-likeness (QED) is 0.113. The van der Waals surface area contributed by atoms with Gasteiger partial charge in [-0.3, -0.25) is 0 Å². The van der Waals surface area contributed by atoms with Crippen LogP contribution in [0.15, 0.2) is 328 Å². The van der Waals surface area contributed by atoms with Crippen molar-refractivity contribution in [1.82, 2.24) is 24.1 Å². The van der Waals surface area contributed by atoms with Crippen molar-refractivity contribution in [2.45, 2.75) is 0 Å². The molecule has 0 radical (unpaired) electrons. The van der Waals surface area contributed by atoms with Crippen LogP contribution in [0.3, 0.4) is 0 Å². The zero-order valence-electron chi connectivity index (χ0n) is 52.8. The van der Waals surface area contributed by atoms with Crippen LogP contribution in [0.2, 0.25) is 0 Å². The molecule has 0 aliphatic heterocycles. The first kappa shape index (κ1) is 58.0. The number of nitrogens with zero attached hydrogens (tertiary/aromatic N) is 8. The van der Waals surface area contributed by atoms with Gasteiger partial charge >= 0.3 is 0 Å². The summed E-state index contributed by atoms with van der Waals surface area (Å²) in [6, 6.07) is 118. The van der Waals surface area contributed by atoms with Crippen molar-refractivity contribution in [3.05, 3.63) is 350 Å². The first-order valence-electron chi connectivity index (χ1n) is 32.4. The summed E-state index contributed by atoms with van der Waals surface area (Å²) in [7, 11) is 0. The number of aromatic nitrogens is 5. The lowest BCUT2D eigenvalue weighted by Crippen LogP contribution is -2.03. The zero-order valence-corrected chi connectivity index (χ0v) is 52.8. The SMILES string of the molecule is [C-]#[N+]c1ccc(-c2ccc(-c3nc(-c4cccc(-c5ccccc5C#N)c4)nc(-c4ccc(-c5ccc(C#N)cc5)c(-n5c6ccc(-c7ccccc7)cc6c6cc(-c7ccccc7)ccc65)c4)n3)cc2-n2c3ccc(-c4ccccc4)cc3c3cc(-c4ccccc4)ccc32)cc1. The molecule has 0 saturated heterocycles. The van der Waals surface area contributed by atoms with Gasteiger partial charge in [0.05, 0.1) is 63.3 Å². The molecule has 0 spiro atoms. The summed E-state index contributed by atoms with van der Waals surface area (Å²) in [5.41, 5.74) is 24.1. The van der Waals surface area contributed by atoms with Crippen LogP contribution in [0.5, 0.6) is 0 Å². The Kier molecular flexibility index (Phi) is 14.5. The van der Waals surface area contributed by atoms with E-state index in [0.29, 0.717) is 34.3 Å². The molecule has 8 nitrogen and oxygen atoms in total. The number of fused-ring (bicyclic) bond motifs is 6. The Balaban J connectivity index is 0.918. The lowest BCUT2D eigenvalue weighted by molar-refractivity contribution is 1.07. The highest BCUT2D eigenvalue weighted by Gasteiger charge is 2.24. The molecule has 454 valence electrons. The smallest absolute Gasteiger partial charge is 0.187 e. The molecule has 0 fully saturated rings. The van der Waals surface area contributed by atoms with E-state index in [-0.39, 0.29) is 0 Å². The Labute approximate surface area is 566 Å². The summed E-state index contributed by atoms with van der Waals surface area (Å²) < 4.78 is 4.72. The maximum atomic E-state index is 10.4. The molecule has 3 heterocycles. The molecule has 0 saturated carbocycles. The van der Waals surface area contributed by atoms with Gasteiger partial charge in [0, 0.05) is 49.4 Å². The summed E-state index contributed by atoms with van der Waals surface area (Å²) in [4.78, 5) is 20.3. The normalized spacial score (nSPS) is 11.2. The third kappa shape index (κ3) is 10.5. The predicted molar refractivity (Wildman–Crippen MR) is 399 cm³/mol. The average Bonchev–Trinajstić information content (AvgIpc) is 1.52. The van der Waals surface area contributed by atoms with E-state index in [2.05, 4.69) is 238 Å². The van der Waals surface area contributed by atoms with E-state index in [4.69, 9.17) is 21.5 Å². The second-order valence-electron chi connectivity index (χ2n) is 24.4. The number of hydrogen-bond donors (Lipinski definition) is 0. The Hall–Kier alpha value is -13.8. The van der Waals surface area contributed by atoms with Gasteiger partial charge in [0.1, 0.15) is 0 Å². The Morgan fingerprint density at radius 2 is 0.602 bits per heavy atom. The number of nitriles is 2. The molecule has 0 aliphatic rings. The molecule has 0 N–H and O–H groups in total. The third-order valence-corrected chi connectivity index (χ3v) is 18.7. The first-order chi connectivity index (χ1) is 48.4. The number of rotatable bonds is 12. The average molecular weight is 1250 g/mol. The van der Waals surface area contributed by atoms with Crippen molar-refractivity contribution in [3.8, 4) is 136 Å². The van der Waals surface area contributed by atoms with E-state index >= 15 is 0 Å². The molecule has 0 amide bonds. The first-order valence-corrected chi connectivity index (χ1v) is 32.4. The highest BCUT2D eigenvalue weighted by Crippen LogP contribution is 2.45. The largest absolute Gasteiger partial charge is 0.309 e. The van der Waals surface area contributed by atoms with Crippen LogP contribution in [-0.4, -0.2) is 24.1 Å². The minimum atomic E-state index is 0.442. The topological polar surface area (TPSA) is 100 Å². The summed E-state index contributed by atoms with van der Waals surface area (Å²) in [6.07, 6.45) is 0. The van der Waals surface area contributed by atoms with E-state index in [9.17, 15) is 10.5 Å². The van der Waals surface area contributed by atoms with Crippen molar-refractivity contribution in [3.63, 3.8) is 0 Å². The fourth-order valence-corrected chi connectivity index (χ4v) is 13.9. The maximum absolute atomic E-state index is 10.4. The Morgan fingerprint density at radius 3 is 0.990 bits per heavy atom. The predicted octanol–water partition coefficient (Wildman–Crippen LogP) is 23.0. The molecule has 0 bridgehead atoms. The highest BCUT2D eigenvalue weighted by atomic mass is 15.0. The molecule has 17 aromatic rings. The lowest BCUT2D eigenvalue weighted by Gasteiger charge is -2.18. The molecule has 3 aromatic heterocycles. The summed E-state index contributed by atoms with van der Waals surface area (Å²) in [6.45, 7) is 7.89. The van der Waals surface area contributed by atoms with Crippen LogP contribution in [-0.2, 0) is 0 Å². The monoisotopic (exact) mass is 1250 g/mol. The molecule has 17 rings (SSSR count). The van der Waals surface area contributed by atoms with Crippen molar-refractivity contribution >= 4 is 49.3 Å². The van der Waals surface area contributed by atoms with E-state index in [0.717, 1.165) is 150 Å². The van der Waals surface area contributed by atoms with Crippen molar-refractivity contribution in [2.75, 3.05) is 0 Å². The van der Waals surface area contributed by atoms with Crippen LogP contribution in [0.25, 0.3) is 172 Å². The standard InChI is InChI=1S/C90H54N8/c1-93-74-41-33-64(34-42-74)77-44-36-72(55-87(77)98-84-47-39-67(61-21-10-4-11-22-61)52-80(84)81-53-68(40-48-85(81)98)62-23-12-5-13-24-62)90-95-88(70-27-16-26-69(49-70)75-28-15-14-25-73(75)57-92)94-89(96-90)71-35-43-76(63-31-29-58(56-91)30-32-63)86(54-71)97-82-45-37-65(59-17-6-2-7-18-59)50-78(82)79-51-66(38-46-83(79)97)60-19-8-3-9-20-60/h2-55H. The van der Waals surface area contributed by atoms with Crippen LogP contribution in [0, 0.1) is 29.2 Å². The Morgan fingerprint density at radius 1 is 0.265 bits per heavy atom. The van der Waals surface area contributed by atoms with Crippen molar-refractivity contribution in [1.29, 1.82) is 10.5 Å². The van der Waals surface area contributed by atoms with Gasteiger partial charge in [-0.1, -0.05) is 243 Å². The second kappa shape index (κ2) is 24.6. The molecular formula is C90H54N8. The van der Waals surface area contributed by atoms with Gasteiger partial charge in [-0.25, -0.2) is 19.8 Å².